The number of unbranched alkanes of at least 4 members (excludes halogenated alkanes) is 2. The van der Waals surface area contributed by atoms with Crippen molar-refractivity contribution in [3.63, 3.8) is 0 Å². The number of hydrogen-bond acceptors (Lipinski definition) is 3. The number of methoxy groups -OCH3 is 1. The van der Waals surface area contributed by atoms with Crippen molar-refractivity contribution in [2.75, 3.05) is 7.11 Å². The van der Waals surface area contributed by atoms with E-state index in [1.54, 1.807) is 6.42 Å². The quantitative estimate of drug-likeness (QED) is 0.466. The highest BCUT2D eigenvalue weighted by Crippen LogP contribution is 2.01. The average molecular weight is 172 g/mol. The van der Waals surface area contributed by atoms with Crippen LogP contribution in [0.1, 0.15) is 25.7 Å². The smallest absolute Gasteiger partial charge is 0.305 e. The van der Waals surface area contributed by atoms with Crippen molar-refractivity contribution in [3.8, 4) is 0 Å². The van der Waals surface area contributed by atoms with Crippen molar-refractivity contribution < 1.29 is 14.3 Å². The Morgan fingerprint density at radius 2 is 2.17 bits per heavy atom. The van der Waals surface area contributed by atoms with Crippen LogP contribution in [0.2, 0.25) is 0 Å². The van der Waals surface area contributed by atoms with E-state index >= 15 is 0 Å². The van der Waals surface area contributed by atoms with Crippen molar-refractivity contribution in [3.05, 3.63) is 6.42 Å². The van der Waals surface area contributed by atoms with Crippen molar-refractivity contribution >= 4 is 11.9 Å². The number of nitrogens with two attached hydrogens (primary N) is 1. The van der Waals surface area contributed by atoms with Gasteiger partial charge in [0.05, 0.1) is 7.11 Å². The van der Waals surface area contributed by atoms with Gasteiger partial charge in [0, 0.05) is 12.8 Å². The standard InChI is InChI=1S/C8H14NO3/c1-12-8(11)6-4-2-3-5-7(9)10/h4H,2-3,5-6H2,1H3,(H2,9,10). The Hall–Kier alpha value is -1.06. The maximum Gasteiger partial charge on any atom is 0.305 e. The summed E-state index contributed by atoms with van der Waals surface area (Å²) in [7, 11) is 1.35. The van der Waals surface area contributed by atoms with Crippen molar-refractivity contribution in [1.82, 2.24) is 0 Å². The molecule has 0 bridgehead atoms. The summed E-state index contributed by atoms with van der Waals surface area (Å²) in [5.41, 5.74) is 4.92. The van der Waals surface area contributed by atoms with E-state index in [-0.39, 0.29) is 11.9 Å². The molecule has 0 aromatic rings. The highest BCUT2D eigenvalue weighted by Gasteiger charge is 2.00. The molecule has 4 nitrogen and oxygen atoms in total. The van der Waals surface area contributed by atoms with Crippen LogP contribution in [0.25, 0.3) is 0 Å². The largest absolute Gasteiger partial charge is 0.469 e. The van der Waals surface area contributed by atoms with Crippen LogP contribution in [0.5, 0.6) is 0 Å². The van der Waals surface area contributed by atoms with E-state index < -0.39 is 0 Å². The van der Waals surface area contributed by atoms with Crippen LogP contribution in [0, 0.1) is 6.42 Å². The number of carbonyl (C=O) groups excluding carboxylic acids is 2. The molecule has 4 heteroatoms. The molecule has 0 saturated carbocycles. The predicted octanol–water partition coefficient (Wildman–Crippen LogP) is 0.409. The molecule has 0 aliphatic heterocycles. The highest BCUT2D eigenvalue weighted by atomic mass is 16.5. The lowest BCUT2D eigenvalue weighted by atomic mass is 10.1. The van der Waals surface area contributed by atoms with E-state index in [2.05, 4.69) is 4.74 Å². The maximum absolute atomic E-state index is 10.6. The first-order valence-corrected chi connectivity index (χ1v) is 3.83. The van der Waals surface area contributed by atoms with Gasteiger partial charge in [0.2, 0.25) is 5.91 Å². The molecule has 0 atom stereocenters. The van der Waals surface area contributed by atoms with Crippen LogP contribution in [0.3, 0.4) is 0 Å². The molecule has 12 heavy (non-hydrogen) atoms. The summed E-state index contributed by atoms with van der Waals surface area (Å²) in [4.78, 5) is 20.8. The second-order valence-electron chi connectivity index (χ2n) is 2.43. The van der Waals surface area contributed by atoms with Gasteiger partial charge in [0.15, 0.2) is 0 Å². The average Bonchev–Trinajstić information content (AvgIpc) is 2.03. The summed E-state index contributed by atoms with van der Waals surface area (Å²) in [5, 5.41) is 0. The Balaban J connectivity index is 3.11. The normalized spacial score (nSPS) is 9.42. The van der Waals surface area contributed by atoms with E-state index in [4.69, 9.17) is 5.73 Å². The van der Waals surface area contributed by atoms with Gasteiger partial charge < -0.3 is 10.5 Å². The molecule has 0 rings (SSSR count). The fraction of sp³-hybridized carbons (Fsp3) is 0.625. The van der Waals surface area contributed by atoms with Gasteiger partial charge in [-0.3, -0.25) is 9.59 Å². The van der Waals surface area contributed by atoms with Gasteiger partial charge in [0.1, 0.15) is 0 Å². The molecule has 0 aromatic carbocycles. The summed E-state index contributed by atoms with van der Waals surface area (Å²) in [6, 6.07) is 0. The molecule has 0 unspecified atom stereocenters. The van der Waals surface area contributed by atoms with Gasteiger partial charge in [-0.1, -0.05) is 0 Å². The van der Waals surface area contributed by atoms with Gasteiger partial charge in [-0.15, -0.1) is 0 Å². The molecule has 0 spiro atoms. The Morgan fingerprint density at radius 3 is 2.67 bits per heavy atom. The lowest BCUT2D eigenvalue weighted by Gasteiger charge is -1.97. The molecule has 2 N–H and O–H groups in total. The fourth-order valence-electron chi connectivity index (χ4n) is 0.724. The zero-order valence-corrected chi connectivity index (χ0v) is 7.21. The number of ether oxygens (including phenoxy) is 1. The number of rotatable bonds is 6. The molecule has 0 fully saturated rings. The number of esters is 1. The minimum atomic E-state index is -0.304. The summed E-state index contributed by atoms with van der Waals surface area (Å²) in [6.45, 7) is 0. The van der Waals surface area contributed by atoms with Crippen LogP contribution in [-0.4, -0.2) is 19.0 Å². The summed E-state index contributed by atoms with van der Waals surface area (Å²) < 4.78 is 4.42. The van der Waals surface area contributed by atoms with Crippen LogP contribution in [-0.2, 0) is 14.3 Å². The minimum Gasteiger partial charge on any atom is -0.469 e. The number of amides is 1. The minimum absolute atomic E-state index is 0.255. The number of carbonyl (C=O) groups is 2. The first-order chi connectivity index (χ1) is 5.66. The topological polar surface area (TPSA) is 69.4 Å². The summed E-state index contributed by atoms with van der Waals surface area (Å²) in [5.74, 6) is -0.560. The maximum atomic E-state index is 10.6. The van der Waals surface area contributed by atoms with Crippen LogP contribution in [0.4, 0.5) is 0 Å². The van der Waals surface area contributed by atoms with Gasteiger partial charge in [0.25, 0.3) is 0 Å². The molecular weight excluding hydrogens is 158 g/mol. The Morgan fingerprint density at radius 1 is 1.50 bits per heavy atom. The zero-order chi connectivity index (χ0) is 9.40. The Bertz CT molecular complexity index is 156. The lowest BCUT2D eigenvalue weighted by Crippen LogP contribution is -2.09. The first kappa shape index (κ1) is 10.9. The van der Waals surface area contributed by atoms with Crippen LogP contribution in [0.15, 0.2) is 0 Å². The molecule has 1 amide bonds. The second-order valence-corrected chi connectivity index (χ2v) is 2.43. The molecule has 1 radical (unpaired) electrons. The first-order valence-electron chi connectivity index (χ1n) is 3.83. The monoisotopic (exact) mass is 172 g/mol. The third kappa shape index (κ3) is 7.05. The summed E-state index contributed by atoms with van der Waals surface area (Å²) >= 11 is 0. The molecule has 0 saturated heterocycles. The fourth-order valence-corrected chi connectivity index (χ4v) is 0.724. The Labute approximate surface area is 72.1 Å². The van der Waals surface area contributed by atoms with Crippen molar-refractivity contribution in [2.24, 2.45) is 5.73 Å². The molecule has 0 heterocycles. The lowest BCUT2D eigenvalue weighted by molar-refractivity contribution is -0.139. The third-order valence-electron chi connectivity index (χ3n) is 1.37. The predicted molar refractivity (Wildman–Crippen MR) is 44.0 cm³/mol. The van der Waals surface area contributed by atoms with Crippen LogP contribution >= 0.6 is 0 Å². The Kier molecular flexibility index (Phi) is 6.05. The van der Waals surface area contributed by atoms with Crippen molar-refractivity contribution in [1.29, 1.82) is 0 Å². The van der Waals surface area contributed by atoms with E-state index in [0.29, 0.717) is 19.3 Å². The molecular formula is C8H14NO3. The van der Waals surface area contributed by atoms with Crippen LogP contribution < -0.4 is 5.73 Å². The van der Waals surface area contributed by atoms with Gasteiger partial charge >= 0.3 is 5.97 Å². The van der Waals surface area contributed by atoms with Crippen molar-refractivity contribution in [2.45, 2.75) is 25.7 Å². The van der Waals surface area contributed by atoms with Gasteiger partial charge in [-0.2, -0.15) is 0 Å². The van der Waals surface area contributed by atoms with Gasteiger partial charge in [-0.05, 0) is 19.3 Å². The van der Waals surface area contributed by atoms with E-state index in [0.717, 1.165) is 6.42 Å². The number of hydrogen-bond donors (Lipinski definition) is 1. The SMILES string of the molecule is COC(=O)C[CH]CCCC(N)=O. The third-order valence-corrected chi connectivity index (χ3v) is 1.37. The molecule has 0 aliphatic rings. The van der Waals surface area contributed by atoms with Gasteiger partial charge in [-0.25, -0.2) is 0 Å². The van der Waals surface area contributed by atoms with E-state index in [1.807, 2.05) is 0 Å². The molecule has 0 aromatic heterocycles. The van der Waals surface area contributed by atoms with E-state index in [1.165, 1.54) is 7.11 Å². The molecule has 0 aliphatic carbocycles. The second kappa shape index (κ2) is 6.64. The van der Waals surface area contributed by atoms with E-state index in [9.17, 15) is 9.59 Å². The summed E-state index contributed by atoms with van der Waals surface area (Å²) in [6.07, 6.45) is 3.88. The molecule has 69 valence electrons. The highest BCUT2D eigenvalue weighted by molar-refractivity contribution is 5.73. The number of primary amides is 1. The zero-order valence-electron chi connectivity index (χ0n) is 7.21.